The van der Waals surface area contributed by atoms with Crippen molar-refractivity contribution in [3.63, 3.8) is 0 Å². The average molecular weight is 386 g/mol. The number of ether oxygens (including phenoxy) is 1. The van der Waals surface area contributed by atoms with Gasteiger partial charge < -0.3 is 14.2 Å². The normalized spacial score (nSPS) is 16.2. The Balaban J connectivity index is 2.20. The lowest BCUT2D eigenvalue weighted by molar-refractivity contribution is 0.188. The molecule has 0 N–H and O–H groups in total. The van der Waals surface area contributed by atoms with Crippen LogP contribution in [0.15, 0.2) is 11.4 Å². The lowest BCUT2D eigenvalue weighted by atomic mass is 10.1. The van der Waals surface area contributed by atoms with Crippen molar-refractivity contribution in [1.82, 2.24) is 14.5 Å². The third-order valence-corrected chi connectivity index (χ3v) is 7.33. The van der Waals surface area contributed by atoms with Gasteiger partial charge in [0, 0.05) is 26.8 Å². The molecule has 7 heteroatoms. The third kappa shape index (κ3) is 5.54. The Morgan fingerprint density at radius 3 is 2.65 bits per heavy atom. The highest BCUT2D eigenvalue weighted by Crippen LogP contribution is 2.29. The van der Waals surface area contributed by atoms with E-state index in [0.29, 0.717) is 25.6 Å². The summed E-state index contributed by atoms with van der Waals surface area (Å²) in [5, 5.41) is -0.00893. The number of aromatic nitrogens is 2. The first-order valence-electron chi connectivity index (χ1n) is 9.82. The van der Waals surface area contributed by atoms with Crippen LogP contribution < -0.4 is 0 Å². The monoisotopic (exact) mass is 385 g/mol. The van der Waals surface area contributed by atoms with Gasteiger partial charge in [-0.2, -0.15) is 0 Å². The molecule has 150 valence electrons. The molecule has 6 nitrogen and oxygen atoms in total. The molecular formula is C19H35N3O3S. The van der Waals surface area contributed by atoms with Crippen LogP contribution in [0.4, 0.5) is 0 Å². The molecule has 0 bridgehead atoms. The number of nitrogens with zero attached hydrogens (tertiary/aromatic N) is 3. The highest BCUT2D eigenvalue weighted by molar-refractivity contribution is 7.91. The zero-order valence-corrected chi connectivity index (χ0v) is 17.6. The molecule has 1 fully saturated rings. The van der Waals surface area contributed by atoms with Crippen LogP contribution in [-0.2, 0) is 27.7 Å². The number of imidazole rings is 1. The van der Waals surface area contributed by atoms with Crippen LogP contribution in [0.3, 0.4) is 0 Å². The van der Waals surface area contributed by atoms with Crippen LogP contribution in [0.2, 0.25) is 0 Å². The van der Waals surface area contributed by atoms with E-state index in [-0.39, 0.29) is 10.4 Å². The van der Waals surface area contributed by atoms with Crippen LogP contribution in [0.5, 0.6) is 0 Å². The fourth-order valence-electron chi connectivity index (χ4n) is 3.53. The van der Waals surface area contributed by atoms with Crippen molar-refractivity contribution in [3.05, 3.63) is 11.9 Å². The van der Waals surface area contributed by atoms with Crippen molar-refractivity contribution >= 4 is 9.84 Å². The van der Waals surface area contributed by atoms with E-state index in [4.69, 9.17) is 4.74 Å². The highest BCUT2D eigenvalue weighted by atomic mass is 32.2. The van der Waals surface area contributed by atoms with E-state index >= 15 is 0 Å². The van der Waals surface area contributed by atoms with Gasteiger partial charge in [-0.05, 0) is 45.2 Å². The zero-order chi connectivity index (χ0) is 19.2. The predicted octanol–water partition coefficient (Wildman–Crippen LogP) is 3.11. The minimum absolute atomic E-state index is 0.257. The first-order chi connectivity index (χ1) is 12.4. The van der Waals surface area contributed by atoms with Gasteiger partial charge >= 0.3 is 0 Å². The summed E-state index contributed by atoms with van der Waals surface area (Å²) in [6.07, 6.45) is 7.18. The van der Waals surface area contributed by atoms with Crippen molar-refractivity contribution < 1.29 is 13.2 Å². The van der Waals surface area contributed by atoms with E-state index < -0.39 is 9.84 Å². The summed E-state index contributed by atoms with van der Waals surface area (Å²) >= 11 is 0. The van der Waals surface area contributed by atoms with Gasteiger partial charge in [-0.3, -0.25) is 0 Å². The number of sulfone groups is 1. The molecule has 1 aromatic heterocycles. The molecule has 1 saturated carbocycles. The van der Waals surface area contributed by atoms with Crippen molar-refractivity contribution in [2.24, 2.45) is 5.92 Å². The molecular weight excluding hydrogens is 350 g/mol. The molecule has 0 aliphatic heterocycles. The minimum Gasteiger partial charge on any atom is -0.385 e. The fraction of sp³-hybridized carbons (Fsp3) is 0.842. The maximum absolute atomic E-state index is 13.1. The van der Waals surface area contributed by atoms with Gasteiger partial charge in [0.05, 0.1) is 17.1 Å². The third-order valence-electron chi connectivity index (χ3n) is 5.15. The lowest BCUT2D eigenvalue weighted by Gasteiger charge is -2.20. The van der Waals surface area contributed by atoms with E-state index in [1.807, 2.05) is 4.57 Å². The Hall–Kier alpha value is -0.920. The van der Waals surface area contributed by atoms with Gasteiger partial charge in [-0.25, -0.2) is 13.4 Å². The predicted molar refractivity (Wildman–Crippen MR) is 104 cm³/mol. The molecule has 0 atom stereocenters. The van der Waals surface area contributed by atoms with Crippen molar-refractivity contribution in [3.8, 4) is 0 Å². The number of hydrogen-bond donors (Lipinski definition) is 0. The van der Waals surface area contributed by atoms with Gasteiger partial charge in [0.15, 0.2) is 0 Å². The Kier molecular flexibility index (Phi) is 8.10. The van der Waals surface area contributed by atoms with Crippen LogP contribution in [-0.4, -0.2) is 55.4 Å². The van der Waals surface area contributed by atoms with Crippen molar-refractivity contribution in [2.45, 2.75) is 75.9 Å². The summed E-state index contributed by atoms with van der Waals surface area (Å²) in [7, 11) is 0.400. The van der Waals surface area contributed by atoms with Crippen molar-refractivity contribution in [1.29, 1.82) is 0 Å². The number of rotatable bonds is 11. The summed E-state index contributed by atoms with van der Waals surface area (Å²) in [5.41, 5.74) is 0.976. The Morgan fingerprint density at radius 2 is 2.04 bits per heavy atom. The molecule has 2 rings (SSSR count). The van der Waals surface area contributed by atoms with E-state index in [0.717, 1.165) is 50.8 Å². The molecule has 0 amide bonds. The maximum Gasteiger partial charge on any atom is 0.228 e. The molecule has 1 aliphatic carbocycles. The van der Waals surface area contributed by atoms with Crippen LogP contribution in [0.25, 0.3) is 0 Å². The van der Waals surface area contributed by atoms with Gasteiger partial charge in [0.25, 0.3) is 0 Å². The van der Waals surface area contributed by atoms with Gasteiger partial charge in [-0.1, -0.05) is 26.7 Å². The number of methoxy groups -OCH3 is 1. The van der Waals surface area contributed by atoms with E-state index in [2.05, 4.69) is 30.8 Å². The van der Waals surface area contributed by atoms with Crippen molar-refractivity contribution in [2.75, 3.05) is 27.3 Å². The molecule has 0 spiro atoms. The van der Waals surface area contributed by atoms with Gasteiger partial charge in [0.1, 0.15) is 0 Å². The molecule has 1 heterocycles. The Morgan fingerprint density at radius 1 is 1.35 bits per heavy atom. The van der Waals surface area contributed by atoms with Crippen LogP contribution in [0.1, 0.15) is 58.1 Å². The number of hydrogen-bond acceptors (Lipinski definition) is 5. The van der Waals surface area contributed by atoms with E-state index in [9.17, 15) is 8.42 Å². The molecule has 1 aromatic rings. The summed E-state index contributed by atoms with van der Waals surface area (Å²) in [4.78, 5) is 6.61. The SMILES string of the molecule is COCCCn1c(CN(C)CCC(C)C)cnc1S(=O)(=O)C1CCCC1. The van der Waals surface area contributed by atoms with E-state index in [1.165, 1.54) is 0 Å². The average Bonchev–Trinajstić information content (AvgIpc) is 3.24. The molecule has 0 aromatic carbocycles. The summed E-state index contributed by atoms with van der Waals surface area (Å²) in [6.45, 7) is 7.38. The quantitative estimate of drug-likeness (QED) is 0.548. The van der Waals surface area contributed by atoms with Crippen LogP contribution >= 0.6 is 0 Å². The van der Waals surface area contributed by atoms with E-state index in [1.54, 1.807) is 13.3 Å². The molecule has 0 radical (unpaired) electrons. The second-order valence-electron chi connectivity index (χ2n) is 7.90. The standard InChI is InChI=1S/C19H35N3O3S/c1-16(2)10-12-21(3)15-17-14-20-19(22(17)11-7-13-25-4)26(23,24)18-8-5-6-9-18/h14,16,18H,5-13,15H2,1-4H3. The lowest BCUT2D eigenvalue weighted by Crippen LogP contribution is -2.25. The Bertz CT molecular complexity index is 649. The first kappa shape index (κ1) is 21.4. The summed E-state index contributed by atoms with van der Waals surface area (Å²) in [5.74, 6) is 0.655. The molecule has 26 heavy (non-hydrogen) atoms. The topological polar surface area (TPSA) is 64.4 Å². The second kappa shape index (κ2) is 9.85. The molecule has 1 aliphatic rings. The Labute approximate surface area is 158 Å². The summed E-state index contributed by atoms with van der Waals surface area (Å²) < 4.78 is 33.2. The highest BCUT2D eigenvalue weighted by Gasteiger charge is 2.34. The fourth-order valence-corrected chi connectivity index (χ4v) is 5.50. The zero-order valence-electron chi connectivity index (χ0n) is 16.8. The first-order valence-corrected chi connectivity index (χ1v) is 11.4. The largest absolute Gasteiger partial charge is 0.385 e. The maximum atomic E-state index is 13.1. The molecule has 0 unspecified atom stereocenters. The summed E-state index contributed by atoms with van der Waals surface area (Å²) in [6, 6.07) is 0. The smallest absolute Gasteiger partial charge is 0.228 e. The molecule has 0 saturated heterocycles. The minimum atomic E-state index is -3.35. The second-order valence-corrected chi connectivity index (χ2v) is 10.0. The van der Waals surface area contributed by atoms with Gasteiger partial charge in [0.2, 0.25) is 15.0 Å². The van der Waals surface area contributed by atoms with Gasteiger partial charge in [-0.15, -0.1) is 0 Å². The van der Waals surface area contributed by atoms with Crippen LogP contribution in [0, 0.1) is 5.92 Å².